The Morgan fingerprint density at radius 1 is 0.920 bits per heavy atom. The van der Waals surface area contributed by atoms with Crippen molar-refractivity contribution in [2.75, 3.05) is 5.32 Å². The smallest absolute Gasteiger partial charge is 0.189 e. The van der Waals surface area contributed by atoms with Gasteiger partial charge >= 0.3 is 0 Å². The summed E-state index contributed by atoms with van der Waals surface area (Å²) >= 11 is 1.59. The molecule has 0 bridgehead atoms. The van der Waals surface area contributed by atoms with Crippen LogP contribution < -0.4 is 5.32 Å². The fourth-order valence-corrected chi connectivity index (χ4v) is 3.59. The zero-order chi connectivity index (χ0) is 16.6. The molecule has 0 saturated heterocycles. The third-order valence-electron chi connectivity index (χ3n) is 3.89. The van der Waals surface area contributed by atoms with Gasteiger partial charge in [-0.3, -0.25) is 0 Å². The molecular formula is C18H12N6S. The SMILES string of the molecule is c1ccc(-n2ncc3c(Nc4nc5ccccc5s4)ncnc32)cc1. The van der Waals surface area contributed by atoms with Gasteiger partial charge in [0.2, 0.25) is 0 Å². The minimum absolute atomic E-state index is 0.700. The van der Waals surface area contributed by atoms with E-state index in [4.69, 9.17) is 0 Å². The Labute approximate surface area is 146 Å². The molecule has 5 rings (SSSR count). The number of hydrogen-bond acceptors (Lipinski definition) is 6. The van der Waals surface area contributed by atoms with E-state index in [9.17, 15) is 0 Å². The van der Waals surface area contributed by atoms with E-state index in [-0.39, 0.29) is 0 Å². The van der Waals surface area contributed by atoms with Gasteiger partial charge in [0.15, 0.2) is 10.8 Å². The monoisotopic (exact) mass is 344 g/mol. The van der Waals surface area contributed by atoms with Gasteiger partial charge in [0, 0.05) is 0 Å². The summed E-state index contributed by atoms with van der Waals surface area (Å²) in [6.07, 6.45) is 3.32. The minimum Gasteiger partial charge on any atom is -0.315 e. The predicted octanol–water partition coefficient (Wildman–Crippen LogP) is 4.17. The van der Waals surface area contributed by atoms with Crippen LogP contribution in [0.3, 0.4) is 0 Å². The number of benzene rings is 2. The summed E-state index contributed by atoms with van der Waals surface area (Å²) in [6, 6.07) is 18.0. The van der Waals surface area contributed by atoms with Crippen molar-refractivity contribution in [3.05, 3.63) is 67.1 Å². The number of nitrogens with zero attached hydrogens (tertiary/aromatic N) is 5. The number of rotatable bonds is 3. The molecule has 0 aliphatic carbocycles. The zero-order valence-corrected chi connectivity index (χ0v) is 13.8. The quantitative estimate of drug-likeness (QED) is 0.532. The van der Waals surface area contributed by atoms with E-state index in [0.717, 1.165) is 32.1 Å². The molecule has 0 fully saturated rings. The van der Waals surface area contributed by atoms with Crippen LogP contribution in [0.25, 0.3) is 26.9 Å². The highest BCUT2D eigenvalue weighted by Gasteiger charge is 2.12. The normalized spacial score (nSPS) is 11.2. The van der Waals surface area contributed by atoms with Crippen molar-refractivity contribution >= 4 is 43.5 Å². The molecular weight excluding hydrogens is 332 g/mol. The predicted molar refractivity (Wildman–Crippen MR) is 99.6 cm³/mol. The summed E-state index contributed by atoms with van der Waals surface area (Å²) in [5.41, 5.74) is 2.69. The lowest BCUT2D eigenvalue weighted by Crippen LogP contribution is -1.99. The van der Waals surface area contributed by atoms with Crippen molar-refractivity contribution in [3.63, 3.8) is 0 Å². The lowest BCUT2D eigenvalue weighted by atomic mass is 10.3. The number of fused-ring (bicyclic) bond motifs is 2. The molecule has 0 aliphatic rings. The average molecular weight is 344 g/mol. The molecule has 120 valence electrons. The molecule has 5 aromatic rings. The van der Waals surface area contributed by atoms with Crippen LogP contribution in [0.5, 0.6) is 0 Å². The van der Waals surface area contributed by atoms with Crippen LogP contribution in [0, 0.1) is 0 Å². The van der Waals surface area contributed by atoms with E-state index in [2.05, 4.69) is 31.4 Å². The van der Waals surface area contributed by atoms with Gasteiger partial charge in [-0.1, -0.05) is 41.7 Å². The lowest BCUT2D eigenvalue weighted by Gasteiger charge is -2.04. The third kappa shape index (κ3) is 2.41. The molecule has 0 radical (unpaired) electrons. The van der Waals surface area contributed by atoms with Crippen LogP contribution >= 0.6 is 11.3 Å². The first-order valence-electron chi connectivity index (χ1n) is 7.75. The maximum atomic E-state index is 4.60. The topological polar surface area (TPSA) is 68.5 Å². The van der Waals surface area contributed by atoms with E-state index in [1.54, 1.807) is 28.5 Å². The van der Waals surface area contributed by atoms with E-state index in [1.165, 1.54) is 0 Å². The Kier molecular flexibility index (Phi) is 3.17. The second-order valence-electron chi connectivity index (χ2n) is 5.46. The molecule has 0 spiro atoms. The summed E-state index contributed by atoms with van der Waals surface area (Å²) in [6.45, 7) is 0. The number of nitrogens with one attached hydrogen (secondary N) is 1. The minimum atomic E-state index is 0.700. The van der Waals surface area contributed by atoms with Gasteiger partial charge in [-0.05, 0) is 24.3 Å². The summed E-state index contributed by atoms with van der Waals surface area (Å²) < 4.78 is 2.94. The van der Waals surface area contributed by atoms with Crippen LogP contribution in [0.1, 0.15) is 0 Å². The maximum absolute atomic E-state index is 4.60. The van der Waals surface area contributed by atoms with Crippen molar-refractivity contribution < 1.29 is 0 Å². The summed E-state index contributed by atoms with van der Waals surface area (Å²) in [5, 5.41) is 9.42. The van der Waals surface area contributed by atoms with Gasteiger partial charge in [0.1, 0.15) is 12.1 Å². The summed E-state index contributed by atoms with van der Waals surface area (Å²) in [5.74, 6) is 0.700. The van der Waals surface area contributed by atoms with Crippen LogP contribution in [-0.2, 0) is 0 Å². The first kappa shape index (κ1) is 14.1. The molecule has 2 aromatic carbocycles. The van der Waals surface area contributed by atoms with Crippen LogP contribution in [0.2, 0.25) is 0 Å². The first-order valence-corrected chi connectivity index (χ1v) is 8.57. The summed E-state index contributed by atoms with van der Waals surface area (Å²) in [7, 11) is 0. The number of anilines is 2. The molecule has 25 heavy (non-hydrogen) atoms. The zero-order valence-electron chi connectivity index (χ0n) is 13.0. The average Bonchev–Trinajstić information content (AvgIpc) is 3.26. The highest BCUT2D eigenvalue weighted by atomic mass is 32.1. The molecule has 0 saturated carbocycles. The fraction of sp³-hybridized carbons (Fsp3) is 0. The van der Waals surface area contributed by atoms with Gasteiger partial charge < -0.3 is 5.32 Å². The standard InChI is InChI=1S/C18H12N6S/c1-2-6-12(7-3-1)24-17-13(10-21-24)16(19-11-20-17)23-18-22-14-8-4-5-9-15(14)25-18/h1-11H,(H,19,20,22,23). The Hall–Kier alpha value is -3.32. The van der Waals surface area contributed by atoms with Crippen molar-refractivity contribution in [2.45, 2.75) is 0 Å². The number of thiazole rings is 1. The maximum Gasteiger partial charge on any atom is 0.189 e. The highest BCUT2D eigenvalue weighted by Crippen LogP contribution is 2.30. The molecule has 0 unspecified atom stereocenters. The Morgan fingerprint density at radius 2 is 1.76 bits per heavy atom. The molecule has 7 heteroatoms. The lowest BCUT2D eigenvalue weighted by molar-refractivity contribution is 0.895. The molecule has 1 N–H and O–H groups in total. The van der Waals surface area contributed by atoms with Crippen molar-refractivity contribution in [1.82, 2.24) is 24.7 Å². The van der Waals surface area contributed by atoms with Gasteiger partial charge in [-0.15, -0.1) is 0 Å². The molecule has 6 nitrogen and oxygen atoms in total. The Balaban J connectivity index is 1.59. The van der Waals surface area contributed by atoms with Crippen molar-refractivity contribution in [2.24, 2.45) is 0 Å². The number of aromatic nitrogens is 5. The molecule has 0 atom stereocenters. The van der Waals surface area contributed by atoms with Gasteiger partial charge in [0.25, 0.3) is 0 Å². The highest BCUT2D eigenvalue weighted by molar-refractivity contribution is 7.22. The van der Waals surface area contributed by atoms with Crippen molar-refractivity contribution in [1.29, 1.82) is 0 Å². The molecule has 3 aromatic heterocycles. The number of para-hydroxylation sites is 2. The van der Waals surface area contributed by atoms with Gasteiger partial charge in [0.05, 0.1) is 27.5 Å². The second kappa shape index (κ2) is 5.64. The Bertz CT molecular complexity index is 1150. The van der Waals surface area contributed by atoms with Crippen LogP contribution in [-0.4, -0.2) is 24.7 Å². The second-order valence-corrected chi connectivity index (χ2v) is 6.49. The molecule has 0 aliphatic heterocycles. The van der Waals surface area contributed by atoms with E-state index in [1.807, 2.05) is 48.5 Å². The van der Waals surface area contributed by atoms with E-state index in [0.29, 0.717) is 5.82 Å². The van der Waals surface area contributed by atoms with Gasteiger partial charge in [-0.2, -0.15) is 5.10 Å². The molecule has 3 heterocycles. The van der Waals surface area contributed by atoms with Crippen molar-refractivity contribution in [3.8, 4) is 5.69 Å². The summed E-state index contributed by atoms with van der Waals surface area (Å²) in [4.78, 5) is 13.4. The molecule has 0 amide bonds. The van der Waals surface area contributed by atoms with Crippen LogP contribution in [0.4, 0.5) is 10.9 Å². The number of hydrogen-bond donors (Lipinski definition) is 1. The fourth-order valence-electron chi connectivity index (χ4n) is 2.73. The van der Waals surface area contributed by atoms with Crippen LogP contribution in [0.15, 0.2) is 67.1 Å². The first-order chi connectivity index (χ1) is 12.4. The third-order valence-corrected chi connectivity index (χ3v) is 4.84. The van der Waals surface area contributed by atoms with E-state index < -0.39 is 0 Å². The largest absolute Gasteiger partial charge is 0.315 e. The van der Waals surface area contributed by atoms with E-state index >= 15 is 0 Å². The Morgan fingerprint density at radius 3 is 2.64 bits per heavy atom. The van der Waals surface area contributed by atoms with Gasteiger partial charge in [-0.25, -0.2) is 19.6 Å².